The monoisotopic (exact) mass is 254 g/mol. The molecule has 0 saturated carbocycles. The number of aliphatic hydroxyl groups is 2. The Balaban J connectivity index is 2.44. The van der Waals surface area contributed by atoms with E-state index in [4.69, 9.17) is 9.84 Å². The predicted molar refractivity (Wildman–Crippen MR) is 67.7 cm³/mol. The molecule has 6 heteroatoms. The van der Waals surface area contributed by atoms with Crippen LogP contribution < -0.4 is 15.4 Å². The summed E-state index contributed by atoms with van der Waals surface area (Å²) in [5.41, 5.74) is -0.714. The molecule has 0 heterocycles. The van der Waals surface area contributed by atoms with Crippen molar-refractivity contribution >= 4 is 11.7 Å². The molecule has 1 aromatic rings. The second kappa shape index (κ2) is 6.23. The minimum absolute atomic E-state index is 0.0362. The number of carbonyl (C=O) groups excluding carboxylic acids is 1. The molecule has 0 aliphatic rings. The fourth-order valence-corrected chi connectivity index (χ4v) is 1.18. The topological polar surface area (TPSA) is 90.8 Å². The predicted octanol–water partition coefficient (Wildman–Crippen LogP) is 0.560. The van der Waals surface area contributed by atoms with Gasteiger partial charge in [-0.3, -0.25) is 0 Å². The second-order valence-corrected chi connectivity index (χ2v) is 4.19. The number of anilines is 1. The van der Waals surface area contributed by atoms with Gasteiger partial charge in [-0.15, -0.1) is 0 Å². The van der Waals surface area contributed by atoms with Crippen molar-refractivity contribution in [2.24, 2.45) is 0 Å². The molecule has 0 radical (unpaired) electrons. The average molecular weight is 254 g/mol. The summed E-state index contributed by atoms with van der Waals surface area (Å²) in [6, 6.07) is 6.39. The number of ether oxygens (including phenoxy) is 1. The van der Waals surface area contributed by atoms with Gasteiger partial charge in [-0.2, -0.15) is 0 Å². The Hall–Kier alpha value is -1.79. The largest absolute Gasteiger partial charge is 0.497 e. The van der Waals surface area contributed by atoms with Crippen LogP contribution in [0.15, 0.2) is 24.3 Å². The van der Waals surface area contributed by atoms with E-state index < -0.39 is 18.2 Å². The van der Waals surface area contributed by atoms with E-state index in [2.05, 4.69) is 10.6 Å². The first-order chi connectivity index (χ1) is 8.46. The maximum atomic E-state index is 11.5. The molecule has 1 unspecified atom stereocenters. The van der Waals surface area contributed by atoms with Gasteiger partial charge in [0.15, 0.2) is 0 Å². The number of carbonyl (C=O) groups is 1. The van der Waals surface area contributed by atoms with E-state index in [9.17, 15) is 9.90 Å². The minimum atomic E-state index is -1.32. The van der Waals surface area contributed by atoms with E-state index >= 15 is 0 Å². The number of amides is 2. The molecule has 100 valence electrons. The number of rotatable bonds is 5. The van der Waals surface area contributed by atoms with Gasteiger partial charge in [0.25, 0.3) is 0 Å². The smallest absolute Gasteiger partial charge is 0.319 e. The highest BCUT2D eigenvalue weighted by Gasteiger charge is 2.19. The van der Waals surface area contributed by atoms with Crippen molar-refractivity contribution < 1.29 is 19.7 Å². The molecular weight excluding hydrogens is 236 g/mol. The van der Waals surface area contributed by atoms with Gasteiger partial charge in [0.2, 0.25) is 0 Å². The van der Waals surface area contributed by atoms with Crippen LogP contribution in [0.3, 0.4) is 0 Å². The quantitative estimate of drug-likeness (QED) is 0.618. The van der Waals surface area contributed by atoms with Gasteiger partial charge < -0.3 is 25.6 Å². The van der Waals surface area contributed by atoms with E-state index in [1.54, 1.807) is 31.4 Å². The van der Waals surface area contributed by atoms with E-state index in [1.807, 2.05) is 0 Å². The lowest BCUT2D eigenvalue weighted by atomic mass is 10.1. The summed E-state index contributed by atoms with van der Waals surface area (Å²) in [6.07, 6.45) is 0. The van der Waals surface area contributed by atoms with Gasteiger partial charge in [0.1, 0.15) is 11.4 Å². The Morgan fingerprint density at radius 3 is 2.50 bits per heavy atom. The van der Waals surface area contributed by atoms with Crippen molar-refractivity contribution in [2.75, 3.05) is 25.6 Å². The molecule has 0 saturated heterocycles. The number of methoxy groups -OCH3 is 1. The molecule has 0 aliphatic carbocycles. The van der Waals surface area contributed by atoms with E-state index in [1.165, 1.54) is 6.92 Å². The molecule has 0 spiro atoms. The van der Waals surface area contributed by atoms with Crippen LogP contribution >= 0.6 is 0 Å². The number of urea groups is 1. The van der Waals surface area contributed by atoms with Crippen molar-refractivity contribution in [3.63, 3.8) is 0 Å². The SMILES string of the molecule is COc1ccc(NC(=O)NCC(C)(O)CO)cc1. The van der Waals surface area contributed by atoms with Crippen LogP contribution in [-0.2, 0) is 0 Å². The molecular formula is C12H18N2O4. The lowest BCUT2D eigenvalue weighted by Crippen LogP contribution is -2.44. The third-order valence-electron chi connectivity index (χ3n) is 2.32. The van der Waals surface area contributed by atoms with Crippen LogP contribution in [-0.4, -0.2) is 42.1 Å². The van der Waals surface area contributed by atoms with Crippen LogP contribution in [0.4, 0.5) is 10.5 Å². The number of benzene rings is 1. The van der Waals surface area contributed by atoms with Crippen molar-refractivity contribution in [2.45, 2.75) is 12.5 Å². The van der Waals surface area contributed by atoms with Crippen LogP contribution in [0.25, 0.3) is 0 Å². The highest BCUT2D eigenvalue weighted by molar-refractivity contribution is 5.89. The van der Waals surface area contributed by atoms with Crippen LogP contribution in [0.1, 0.15) is 6.92 Å². The maximum Gasteiger partial charge on any atom is 0.319 e. The van der Waals surface area contributed by atoms with Gasteiger partial charge in [0, 0.05) is 5.69 Å². The minimum Gasteiger partial charge on any atom is -0.497 e. The number of aliphatic hydroxyl groups excluding tert-OH is 1. The first kappa shape index (κ1) is 14.3. The summed E-state index contributed by atoms with van der Waals surface area (Å²) in [7, 11) is 1.56. The number of hydrogen-bond donors (Lipinski definition) is 4. The Morgan fingerprint density at radius 1 is 1.39 bits per heavy atom. The maximum absolute atomic E-state index is 11.5. The molecule has 4 N–H and O–H groups in total. The summed E-state index contributed by atoms with van der Waals surface area (Å²) >= 11 is 0. The van der Waals surface area contributed by atoms with Crippen LogP contribution in [0, 0.1) is 0 Å². The molecule has 0 fully saturated rings. The second-order valence-electron chi connectivity index (χ2n) is 4.19. The Labute approximate surface area is 106 Å². The molecule has 2 amide bonds. The molecule has 18 heavy (non-hydrogen) atoms. The van der Waals surface area contributed by atoms with Crippen molar-refractivity contribution in [3.05, 3.63) is 24.3 Å². The van der Waals surface area contributed by atoms with Crippen LogP contribution in [0.5, 0.6) is 5.75 Å². The van der Waals surface area contributed by atoms with Gasteiger partial charge in [-0.05, 0) is 31.2 Å². The number of hydrogen-bond acceptors (Lipinski definition) is 4. The molecule has 1 rings (SSSR count). The molecule has 1 atom stereocenters. The summed E-state index contributed by atoms with van der Waals surface area (Å²) in [6.45, 7) is 0.974. The Kier molecular flexibility index (Phi) is 4.94. The number of nitrogens with one attached hydrogen (secondary N) is 2. The van der Waals surface area contributed by atoms with E-state index in [-0.39, 0.29) is 6.54 Å². The molecule has 6 nitrogen and oxygen atoms in total. The van der Waals surface area contributed by atoms with Gasteiger partial charge in [-0.25, -0.2) is 4.79 Å². The highest BCUT2D eigenvalue weighted by atomic mass is 16.5. The fourth-order valence-electron chi connectivity index (χ4n) is 1.18. The first-order valence-corrected chi connectivity index (χ1v) is 5.49. The van der Waals surface area contributed by atoms with Gasteiger partial charge >= 0.3 is 6.03 Å². The summed E-state index contributed by atoms with van der Waals surface area (Å²) < 4.78 is 4.99. The molecule has 0 aliphatic heterocycles. The Morgan fingerprint density at radius 2 is 2.00 bits per heavy atom. The van der Waals surface area contributed by atoms with Crippen LogP contribution in [0.2, 0.25) is 0 Å². The zero-order chi connectivity index (χ0) is 13.6. The standard InChI is InChI=1S/C12H18N2O4/c1-12(17,8-15)7-13-11(16)14-9-3-5-10(18-2)6-4-9/h3-6,15,17H,7-8H2,1-2H3,(H2,13,14,16). The van der Waals surface area contributed by atoms with E-state index in [0.717, 1.165) is 0 Å². The van der Waals surface area contributed by atoms with Crippen molar-refractivity contribution in [1.82, 2.24) is 5.32 Å². The van der Waals surface area contributed by atoms with Gasteiger partial charge in [-0.1, -0.05) is 0 Å². The molecule has 1 aromatic carbocycles. The van der Waals surface area contributed by atoms with Crippen molar-refractivity contribution in [1.29, 1.82) is 0 Å². The zero-order valence-electron chi connectivity index (χ0n) is 10.4. The first-order valence-electron chi connectivity index (χ1n) is 5.49. The summed E-state index contributed by atoms with van der Waals surface area (Å²) in [5.74, 6) is 0.698. The Bertz CT molecular complexity index is 390. The zero-order valence-corrected chi connectivity index (χ0v) is 10.4. The van der Waals surface area contributed by atoms with Crippen molar-refractivity contribution in [3.8, 4) is 5.75 Å². The molecule has 0 aromatic heterocycles. The molecule has 0 bridgehead atoms. The third-order valence-corrected chi connectivity index (χ3v) is 2.32. The average Bonchev–Trinajstić information content (AvgIpc) is 2.37. The van der Waals surface area contributed by atoms with Gasteiger partial charge in [0.05, 0.1) is 20.3 Å². The lowest BCUT2D eigenvalue weighted by molar-refractivity contribution is 0.00514. The fraction of sp³-hybridized carbons (Fsp3) is 0.417. The summed E-state index contributed by atoms with van der Waals surface area (Å²) in [5, 5.41) is 23.4. The normalized spacial score (nSPS) is 13.6. The van der Waals surface area contributed by atoms with E-state index in [0.29, 0.717) is 11.4 Å². The lowest BCUT2D eigenvalue weighted by Gasteiger charge is -2.20. The third kappa shape index (κ3) is 4.60. The summed E-state index contributed by atoms with van der Waals surface area (Å²) in [4.78, 5) is 11.5. The highest BCUT2D eigenvalue weighted by Crippen LogP contribution is 2.14.